The minimum absolute atomic E-state index is 0. The van der Waals surface area contributed by atoms with E-state index in [2.05, 4.69) is 22.5 Å². The summed E-state index contributed by atoms with van der Waals surface area (Å²) in [5.74, 6) is 0.684. The first kappa shape index (κ1) is 20.1. The molecule has 1 rings (SSSR count). The fourth-order valence-electron chi connectivity index (χ4n) is 1.99. The van der Waals surface area contributed by atoms with Gasteiger partial charge in [-0.1, -0.05) is 31.9 Å². The Morgan fingerprint density at radius 2 is 1.86 bits per heavy atom. The van der Waals surface area contributed by atoms with Crippen molar-refractivity contribution >= 4 is 29.9 Å². The Morgan fingerprint density at radius 1 is 1.14 bits per heavy atom. The molecule has 0 heterocycles. The maximum Gasteiger partial charge on any atom is 0.190 e. The summed E-state index contributed by atoms with van der Waals surface area (Å²) in [6.07, 6.45) is 5.46. The molecule has 0 bridgehead atoms. The van der Waals surface area contributed by atoms with Crippen LogP contribution in [-0.4, -0.2) is 26.1 Å². The van der Waals surface area contributed by atoms with E-state index in [0.717, 1.165) is 37.5 Å². The summed E-state index contributed by atoms with van der Waals surface area (Å²) < 4.78 is 13.0. The number of nitrogens with zero attached hydrogens (tertiary/aromatic N) is 1. The molecule has 0 unspecified atom stereocenters. The monoisotopic (exact) mass is 407 g/mol. The molecule has 1 aromatic rings. The predicted molar refractivity (Wildman–Crippen MR) is 99.0 cm³/mol. The highest BCUT2D eigenvalue weighted by Gasteiger charge is 1.98. The molecule has 3 nitrogen and oxygen atoms in total. The second-order valence-electron chi connectivity index (χ2n) is 4.87. The Hall–Kier alpha value is -0.850. The van der Waals surface area contributed by atoms with Gasteiger partial charge in [0.1, 0.15) is 5.82 Å². The highest BCUT2D eigenvalue weighted by Crippen LogP contribution is 2.05. The fraction of sp³-hybridized carbons (Fsp3) is 0.562. The first-order valence-corrected chi connectivity index (χ1v) is 7.45. The normalized spacial score (nSPS) is 10.9. The molecule has 0 fully saturated rings. The number of hydrogen-bond donors (Lipinski definition) is 2. The van der Waals surface area contributed by atoms with E-state index in [1.807, 2.05) is 6.07 Å². The Bertz CT molecular complexity index is 410. The number of guanidine groups is 1. The highest BCUT2D eigenvalue weighted by molar-refractivity contribution is 14.0. The third-order valence-corrected chi connectivity index (χ3v) is 3.12. The molecule has 0 amide bonds. The zero-order valence-electron chi connectivity index (χ0n) is 13.0. The molecule has 5 heteroatoms. The van der Waals surface area contributed by atoms with E-state index in [-0.39, 0.29) is 29.8 Å². The van der Waals surface area contributed by atoms with Crippen molar-refractivity contribution in [2.45, 2.75) is 39.0 Å². The number of hydrogen-bond acceptors (Lipinski definition) is 1. The average molecular weight is 407 g/mol. The molecule has 0 aliphatic heterocycles. The zero-order chi connectivity index (χ0) is 14.6. The van der Waals surface area contributed by atoms with Gasteiger partial charge >= 0.3 is 0 Å². The summed E-state index contributed by atoms with van der Waals surface area (Å²) in [7, 11) is 1.78. The summed E-state index contributed by atoms with van der Waals surface area (Å²) in [6.45, 7) is 3.99. The first-order chi connectivity index (χ1) is 9.76. The van der Waals surface area contributed by atoms with E-state index in [9.17, 15) is 4.39 Å². The van der Waals surface area contributed by atoms with Crippen molar-refractivity contribution < 1.29 is 4.39 Å². The Morgan fingerprint density at radius 3 is 2.48 bits per heavy atom. The van der Waals surface area contributed by atoms with Crippen molar-refractivity contribution in [3.8, 4) is 0 Å². The molecular weight excluding hydrogens is 380 g/mol. The fourth-order valence-corrected chi connectivity index (χ4v) is 1.99. The van der Waals surface area contributed by atoms with E-state index in [0.29, 0.717) is 0 Å². The van der Waals surface area contributed by atoms with Gasteiger partial charge in [-0.25, -0.2) is 4.39 Å². The summed E-state index contributed by atoms with van der Waals surface area (Å²) in [5.41, 5.74) is 1.04. The molecule has 0 spiro atoms. The van der Waals surface area contributed by atoms with Crippen molar-refractivity contribution in [1.29, 1.82) is 0 Å². The van der Waals surface area contributed by atoms with Crippen molar-refractivity contribution in [2.75, 3.05) is 20.1 Å². The lowest BCUT2D eigenvalue weighted by Gasteiger charge is -2.11. The van der Waals surface area contributed by atoms with E-state index < -0.39 is 0 Å². The van der Waals surface area contributed by atoms with Gasteiger partial charge in [0.2, 0.25) is 0 Å². The van der Waals surface area contributed by atoms with Crippen molar-refractivity contribution in [2.24, 2.45) is 4.99 Å². The summed E-state index contributed by atoms with van der Waals surface area (Å²) in [4.78, 5) is 4.18. The molecule has 0 aliphatic rings. The predicted octanol–water partition coefficient (Wildman–Crippen LogP) is 3.73. The van der Waals surface area contributed by atoms with Crippen LogP contribution in [0.4, 0.5) is 4.39 Å². The molecule has 0 saturated carbocycles. The van der Waals surface area contributed by atoms with Crippen molar-refractivity contribution in [3.63, 3.8) is 0 Å². The van der Waals surface area contributed by atoms with Crippen LogP contribution in [-0.2, 0) is 6.42 Å². The summed E-state index contributed by atoms with van der Waals surface area (Å²) in [5, 5.41) is 6.57. The number of aliphatic imine (C=N–C) groups is 1. The van der Waals surface area contributed by atoms with Crippen LogP contribution in [0.1, 0.15) is 38.2 Å². The molecular formula is C16H27FIN3. The number of benzene rings is 1. The maximum absolute atomic E-state index is 13.0. The number of nitrogens with one attached hydrogen (secondary N) is 2. The lowest BCUT2D eigenvalue weighted by atomic mass is 10.1. The third kappa shape index (κ3) is 9.66. The van der Waals surface area contributed by atoms with Crippen LogP contribution < -0.4 is 10.6 Å². The highest BCUT2D eigenvalue weighted by atomic mass is 127. The molecule has 0 saturated heterocycles. The van der Waals surface area contributed by atoms with Gasteiger partial charge in [0.25, 0.3) is 0 Å². The minimum atomic E-state index is -0.163. The second kappa shape index (κ2) is 12.9. The van der Waals surface area contributed by atoms with Crippen molar-refractivity contribution in [1.82, 2.24) is 10.6 Å². The van der Waals surface area contributed by atoms with Crippen LogP contribution in [0.25, 0.3) is 0 Å². The molecule has 1 aromatic carbocycles. The van der Waals surface area contributed by atoms with Crippen molar-refractivity contribution in [3.05, 3.63) is 35.6 Å². The minimum Gasteiger partial charge on any atom is -0.356 e. The van der Waals surface area contributed by atoms with Gasteiger partial charge in [0.05, 0.1) is 0 Å². The quantitative estimate of drug-likeness (QED) is 0.298. The molecule has 0 atom stereocenters. The van der Waals surface area contributed by atoms with Gasteiger partial charge in [-0.3, -0.25) is 4.99 Å². The lowest BCUT2D eigenvalue weighted by molar-refractivity contribution is 0.624. The van der Waals surface area contributed by atoms with Crippen LogP contribution >= 0.6 is 24.0 Å². The molecule has 0 radical (unpaired) electrons. The van der Waals surface area contributed by atoms with Gasteiger partial charge in [-0.15, -0.1) is 24.0 Å². The largest absolute Gasteiger partial charge is 0.356 e. The van der Waals surface area contributed by atoms with Gasteiger partial charge in [0.15, 0.2) is 5.96 Å². The van der Waals surface area contributed by atoms with E-state index >= 15 is 0 Å². The molecule has 0 aromatic heterocycles. The maximum atomic E-state index is 13.0. The number of rotatable bonds is 8. The molecule has 21 heavy (non-hydrogen) atoms. The van der Waals surface area contributed by atoms with Crippen LogP contribution in [0.3, 0.4) is 0 Å². The average Bonchev–Trinajstić information content (AvgIpc) is 2.46. The Kier molecular flexibility index (Phi) is 12.3. The summed E-state index contributed by atoms with van der Waals surface area (Å²) in [6, 6.07) is 6.79. The van der Waals surface area contributed by atoms with Gasteiger partial charge in [-0.05, 0) is 37.0 Å². The summed E-state index contributed by atoms with van der Waals surface area (Å²) >= 11 is 0. The van der Waals surface area contributed by atoms with E-state index in [1.165, 1.54) is 25.3 Å². The van der Waals surface area contributed by atoms with Crippen LogP contribution in [0, 0.1) is 5.82 Å². The Labute approximate surface area is 144 Å². The topological polar surface area (TPSA) is 36.4 Å². The van der Waals surface area contributed by atoms with E-state index in [4.69, 9.17) is 0 Å². The zero-order valence-corrected chi connectivity index (χ0v) is 15.3. The second-order valence-corrected chi connectivity index (χ2v) is 4.87. The number of unbranched alkanes of at least 4 members (excludes halogenated alkanes) is 2. The van der Waals surface area contributed by atoms with Gasteiger partial charge in [-0.2, -0.15) is 0 Å². The van der Waals surface area contributed by atoms with Crippen LogP contribution in [0.2, 0.25) is 0 Å². The smallest absolute Gasteiger partial charge is 0.190 e. The van der Waals surface area contributed by atoms with Crippen LogP contribution in [0.15, 0.2) is 29.3 Å². The Balaban J connectivity index is 0.00000400. The molecule has 0 aliphatic carbocycles. The third-order valence-electron chi connectivity index (χ3n) is 3.12. The molecule has 2 N–H and O–H groups in total. The van der Waals surface area contributed by atoms with Crippen LogP contribution in [0.5, 0.6) is 0 Å². The SMILES string of the molecule is CCCCCNC(=NC)NCCCc1cccc(F)c1.I. The standard InChI is InChI=1S/C16H26FN3.HI/c1-3-4-5-11-19-16(18-2)20-12-7-9-14-8-6-10-15(17)13-14;/h6,8,10,13H,3-5,7,9,11-12H2,1-2H3,(H2,18,19,20);1H. The number of aryl methyl sites for hydroxylation is 1. The van der Waals surface area contributed by atoms with E-state index in [1.54, 1.807) is 19.2 Å². The first-order valence-electron chi connectivity index (χ1n) is 7.45. The van der Waals surface area contributed by atoms with Gasteiger partial charge in [0, 0.05) is 20.1 Å². The lowest BCUT2D eigenvalue weighted by Crippen LogP contribution is -2.38. The molecule has 120 valence electrons. The number of halogens is 2. The van der Waals surface area contributed by atoms with Gasteiger partial charge < -0.3 is 10.6 Å².